The number of hydrogen-bond donors (Lipinski definition) is 1. The summed E-state index contributed by atoms with van der Waals surface area (Å²) in [5, 5.41) is 11.6. The fraction of sp³-hybridized carbons (Fsp3) is 0.900. The lowest BCUT2D eigenvalue weighted by Crippen LogP contribution is -2.29. The minimum atomic E-state index is 0.262. The second kappa shape index (κ2) is 8.95. The van der Waals surface area contributed by atoms with E-state index in [0.29, 0.717) is 13.0 Å². The third-order valence-electron chi connectivity index (χ3n) is 1.82. The zero-order valence-corrected chi connectivity index (χ0v) is 9.42. The Labute approximate surface area is 86.8 Å². The highest BCUT2D eigenvalue weighted by atomic mass is 16.5. The maximum atomic E-state index is 8.41. The van der Waals surface area contributed by atoms with Gasteiger partial charge in [-0.15, -0.1) is 0 Å². The molecule has 0 radical (unpaired) electrons. The fourth-order valence-corrected chi connectivity index (χ4v) is 0.936. The van der Waals surface area contributed by atoms with Crippen LogP contribution in [0.2, 0.25) is 0 Å². The van der Waals surface area contributed by atoms with Crippen LogP contribution in [0.4, 0.5) is 0 Å². The Hall–Kier alpha value is -0.630. The molecule has 0 fully saturated rings. The first-order valence-corrected chi connectivity index (χ1v) is 4.99. The van der Waals surface area contributed by atoms with Gasteiger partial charge in [-0.05, 0) is 21.0 Å². The molecule has 0 saturated heterocycles. The van der Waals surface area contributed by atoms with Crippen LogP contribution in [0.25, 0.3) is 0 Å². The van der Waals surface area contributed by atoms with Gasteiger partial charge in [0.05, 0.1) is 25.7 Å². The van der Waals surface area contributed by atoms with Gasteiger partial charge >= 0.3 is 0 Å². The minimum absolute atomic E-state index is 0.262. The molecule has 14 heavy (non-hydrogen) atoms. The van der Waals surface area contributed by atoms with Gasteiger partial charge in [0.25, 0.3) is 0 Å². The number of likely N-dealkylation sites (N-methyl/N-ethyl adjacent to an activating group) is 1. The van der Waals surface area contributed by atoms with E-state index in [1.54, 1.807) is 0 Å². The zero-order chi connectivity index (χ0) is 10.8. The van der Waals surface area contributed by atoms with E-state index in [1.165, 1.54) is 0 Å². The SMILES string of the molecule is CC(CC#N)NCCOCCN(C)C. The largest absolute Gasteiger partial charge is 0.379 e. The Morgan fingerprint density at radius 2 is 2.14 bits per heavy atom. The molecule has 1 N–H and O–H groups in total. The maximum absolute atomic E-state index is 8.41. The maximum Gasteiger partial charge on any atom is 0.0638 e. The van der Waals surface area contributed by atoms with Crippen molar-refractivity contribution >= 4 is 0 Å². The topological polar surface area (TPSA) is 48.3 Å². The van der Waals surface area contributed by atoms with Crippen molar-refractivity contribution < 1.29 is 4.74 Å². The predicted molar refractivity (Wildman–Crippen MR) is 57.1 cm³/mol. The number of nitrogens with zero attached hydrogens (tertiary/aromatic N) is 2. The molecule has 0 aliphatic carbocycles. The molecule has 0 rings (SSSR count). The minimum Gasteiger partial charge on any atom is -0.379 e. The third-order valence-corrected chi connectivity index (χ3v) is 1.82. The van der Waals surface area contributed by atoms with E-state index in [2.05, 4.69) is 16.3 Å². The number of hydrogen-bond acceptors (Lipinski definition) is 4. The monoisotopic (exact) mass is 199 g/mol. The van der Waals surface area contributed by atoms with Crippen molar-refractivity contribution in [1.29, 1.82) is 5.26 Å². The van der Waals surface area contributed by atoms with Crippen LogP contribution in [-0.2, 0) is 4.74 Å². The van der Waals surface area contributed by atoms with E-state index >= 15 is 0 Å². The van der Waals surface area contributed by atoms with Crippen molar-refractivity contribution in [2.24, 2.45) is 0 Å². The summed E-state index contributed by atoms with van der Waals surface area (Å²) >= 11 is 0. The van der Waals surface area contributed by atoms with Gasteiger partial charge in [-0.1, -0.05) is 0 Å². The average molecular weight is 199 g/mol. The molecule has 0 aromatic rings. The molecular weight excluding hydrogens is 178 g/mol. The summed E-state index contributed by atoms with van der Waals surface area (Å²) in [6, 6.07) is 2.39. The number of ether oxygens (including phenoxy) is 1. The van der Waals surface area contributed by atoms with Gasteiger partial charge in [-0.2, -0.15) is 5.26 Å². The highest BCUT2D eigenvalue weighted by Gasteiger charge is 1.98. The molecule has 0 amide bonds. The Kier molecular flexibility index (Phi) is 8.54. The lowest BCUT2D eigenvalue weighted by Gasteiger charge is -2.12. The van der Waals surface area contributed by atoms with Gasteiger partial charge in [0.1, 0.15) is 0 Å². The molecule has 0 spiro atoms. The zero-order valence-electron chi connectivity index (χ0n) is 9.42. The van der Waals surface area contributed by atoms with Crippen LogP contribution < -0.4 is 5.32 Å². The Bertz CT molecular complexity index is 165. The normalized spacial score (nSPS) is 12.8. The summed E-state index contributed by atoms with van der Waals surface area (Å²) in [4.78, 5) is 2.09. The van der Waals surface area contributed by atoms with Crippen molar-refractivity contribution in [2.75, 3.05) is 40.4 Å². The molecule has 0 aromatic carbocycles. The highest BCUT2D eigenvalue weighted by Crippen LogP contribution is 1.86. The second-order valence-electron chi connectivity index (χ2n) is 3.63. The number of nitrogens with one attached hydrogen (secondary N) is 1. The van der Waals surface area contributed by atoms with Crippen LogP contribution in [0.15, 0.2) is 0 Å². The summed E-state index contributed by atoms with van der Waals surface area (Å²) in [5.74, 6) is 0. The summed E-state index contributed by atoms with van der Waals surface area (Å²) in [6.45, 7) is 5.25. The van der Waals surface area contributed by atoms with Gasteiger partial charge in [-0.3, -0.25) is 0 Å². The third kappa shape index (κ3) is 9.46. The quantitative estimate of drug-likeness (QED) is 0.577. The Morgan fingerprint density at radius 1 is 1.43 bits per heavy atom. The van der Waals surface area contributed by atoms with Crippen LogP contribution in [0, 0.1) is 11.3 Å². The predicted octanol–water partition coefficient (Wildman–Crippen LogP) is 0.456. The molecule has 0 bridgehead atoms. The smallest absolute Gasteiger partial charge is 0.0638 e. The lowest BCUT2D eigenvalue weighted by atomic mass is 10.2. The molecule has 0 heterocycles. The second-order valence-corrected chi connectivity index (χ2v) is 3.63. The van der Waals surface area contributed by atoms with Crippen LogP contribution in [-0.4, -0.2) is 51.3 Å². The Balaban J connectivity index is 3.10. The van der Waals surface area contributed by atoms with Gasteiger partial charge in [0.15, 0.2) is 0 Å². The highest BCUT2D eigenvalue weighted by molar-refractivity contribution is 4.76. The molecule has 0 aliphatic heterocycles. The van der Waals surface area contributed by atoms with Gasteiger partial charge in [0.2, 0.25) is 0 Å². The van der Waals surface area contributed by atoms with E-state index in [0.717, 1.165) is 19.7 Å². The van der Waals surface area contributed by atoms with Crippen molar-refractivity contribution in [1.82, 2.24) is 10.2 Å². The van der Waals surface area contributed by atoms with Gasteiger partial charge in [-0.25, -0.2) is 0 Å². The van der Waals surface area contributed by atoms with E-state index in [4.69, 9.17) is 10.00 Å². The average Bonchev–Trinajstić information content (AvgIpc) is 2.11. The molecule has 4 heteroatoms. The number of rotatable bonds is 8. The molecule has 82 valence electrons. The van der Waals surface area contributed by atoms with Crippen molar-refractivity contribution in [2.45, 2.75) is 19.4 Å². The first-order valence-electron chi connectivity index (χ1n) is 4.99. The van der Waals surface area contributed by atoms with Crippen LogP contribution >= 0.6 is 0 Å². The van der Waals surface area contributed by atoms with Gasteiger partial charge < -0.3 is 15.0 Å². The van der Waals surface area contributed by atoms with Crippen LogP contribution in [0.3, 0.4) is 0 Å². The van der Waals surface area contributed by atoms with E-state index < -0.39 is 0 Å². The fourth-order valence-electron chi connectivity index (χ4n) is 0.936. The molecule has 0 saturated carbocycles. The van der Waals surface area contributed by atoms with Crippen molar-refractivity contribution in [3.8, 4) is 6.07 Å². The molecule has 1 atom stereocenters. The molecule has 0 aromatic heterocycles. The van der Waals surface area contributed by atoms with E-state index in [-0.39, 0.29) is 6.04 Å². The summed E-state index contributed by atoms with van der Waals surface area (Å²) < 4.78 is 5.39. The Morgan fingerprint density at radius 3 is 2.71 bits per heavy atom. The summed E-state index contributed by atoms with van der Waals surface area (Å²) in [6.07, 6.45) is 0.553. The number of nitriles is 1. The van der Waals surface area contributed by atoms with Crippen LogP contribution in [0.5, 0.6) is 0 Å². The van der Waals surface area contributed by atoms with E-state index in [9.17, 15) is 0 Å². The standard InChI is InChI=1S/C10H21N3O/c1-10(4-5-11)12-6-8-14-9-7-13(2)3/h10,12H,4,6-9H2,1-3H3. The lowest BCUT2D eigenvalue weighted by molar-refractivity contribution is 0.118. The first-order chi connectivity index (χ1) is 6.66. The molecular formula is C10H21N3O. The molecule has 1 unspecified atom stereocenters. The molecule has 4 nitrogen and oxygen atoms in total. The summed E-state index contributed by atoms with van der Waals surface area (Å²) in [7, 11) is 4.05. The first kappa shape index (κ1) is 13.4. The summed E-state index contributed by atoms with van der Waals surface area (Å²) in [5.41, 5.74) is 0. The van der Waals surface area contributed by atoms with Gasteiger partial charge in [0, 0.05) is 19.1 Å². The van der Waals surface area contributed by atoms with E-state index in [1.807, 2.05) is 21.0 Å². The van der Waals surface area contributed by atoms with Crippen molar-refractivity contribution in [3.05, 3.63) is 0 Å². The molecule has 0 aliphatic rings. The van der Waals surface area contributed by atoms with Crippen LogP contribution in [0.1, 0.15) is 13.3 Å². The van der Waals surface area contributed by atoms with Crippen molar-refractivity contribution in [3.63, 3.8) is 0 Å².